The maximum absolute atomic E-state index is 12.2. The summed E-state index contributed by atoms with van der Waals surface area (Å²) in [4.78, 5) is 40.8. The first kappa shape index (κ1) is 16.1. The number of para-hydroxylation sites is 1. The number of ether oxygens (including phenoxy) is 1. The summed E-state index contributed by atoms with van der Waals surface area (Å²) in [5.41, 5.74) is 2.60. The van der Waals surface area contributed by atoms with Crippen LogP contribution in [-0.4, -0.2) is 40.8 Å². The molecule has 0 saturated heterocycles. The Labute approximate surface area is 149 Å². The lowest BCUT2D eigenvalue weighted by Gasteiger charge is -2.13. The van der Waals surface area contributed by atoms with E-state index < -0.39 is 5.97 Å². The lowest BCUT2D eigenvalue weighted by molar-refractivity contribution is -0.143. The van der Waals surface area contributed by atoms with Crippen LogP contribution in [0.2, 0.25) is 0 Å². The number of carbonyl (C=O) groups is 3. The van der Waals surface area contributed by atoms with Gasteiger partial charge in [-0.15, -0.1) is 0 Å². The third-order valence-corrected chi connectivity index (χ3v) is 4.47. The zero-order chi connectivity index (χ0) is 18.1. The van der Waals surface area contributed by atoms with Gasteiger partial charge < -0.3 is 9.72 Å². The first-order valence-corrected chi connectivity index (χ1v) is 8.31. The van der Waals surface area contributed by atoms with Crippen molar-refractivity contribution >= 4 is 28.7 Å². The summed E-state index contributed by atoms with van der Waals surface area (Å²) >= 11 is 0. The Bertz CT molecular complexity index is 986. The molecule has 0 spiro atoms. The number of amides is 2. The number of nitrogens with zero attached hydrogens (tertiary/aromatic N) is 1. The quantitative estimate of drug-likeness (QED) is 0.568. The molecular formula is C20H16N2O4. The van der Waals surface area contributed by atoms with Crippen LogP contribution in [0, 0.1) is 0 Å². The van der Waals surface area contributed by atoms with Gasteiger partial charge in [0.1, 0.15) is 6.61 Å². The van der Waals surface area contributed by atoms with E-state index in [0.717, 1.165) is 21.4 Å². The van der Waals surface area contributed by atoms with E-state index >= 15 is 0 Å². The number of hydrogen-bond acceptors (Lipinski definition) is 4. The predicted molar refractivity (Wildman–Crippen MR) is 94.8 cm³/mol. The molecule has 2 aromatic carbocycles. The second kappa shape index (κ2) is 6.48. The number of fused-ring (bicyclic) bond motifs is 2. The molecule has 6 nitrogen and oxygen atoms in total. The van der Waals surface area contributed by atoms with Crippen molar-refractivity contribution in [2.75, 3.05) is 13.2 Å². The summed E-state index contributed by atoms with van der Waals surface area (Å²) in [6, 6.07) is 14.4. The Kier molecular flexibility index (Phi) is 4.01. The summed E-state index contributed by atoms with van der Waals surface area (Å²) in [6.45, 7) is 0.0264. The van der Waals surface area contributed by atoms with Gasteiger partial charge >= 0.3 is 5.97 Å². The third kappa shape index (κ3) is 2.75. The Morgan fingerprint density at radius 2 is 1.62 bits per heavy atom. The van der Waals surface area contributed by atoms with Crippen LogP contribution in [-0.2, 0) is 16.0 Å². The van der Waals surface area contributed by atoms with Crippen LogP contribution in [0.25, 0.3) is 10.9 Å². The topological polar surface area (TPSA) is 79.5 Å². The SMILES string of the molecule is O=C(Cc1c[nH]c2ccccc12)OCCN1C(=O)c2ccccc2C1=O. The van der Waals surface area contributed by atoms with E-state index in [4.69, 9.17) is 4.74 Å². The average molecular weight is 348 g/mol. The molecule has 1 N–H and O–H groups in total. The summed E-state index contributed by atoms with van der Waals surface area (Å²) in [5, 5.41) is 0.977. The molecule has 3 aromatic rings. The van der Waals surface area contributed by atoms with E-state index in [2.05, 4.69) is 4.98 Å². The smallest absolute Gasteiger partial charge is 0.310 e. The first-order valence-electron chi connectivity index (χ1n) is 8.31. The zero-order valence-electron chi connectivity index (χ0n) is 13.9. The van der Waals surface area contributed by atoms with E-state index in [1.165, 1.54) is 0 Å². The molecule has 1 aliphatic rings. The van der Waals surface area contributed by atoms with Gasteiger partial charge in [-0.2, -0.15) is 0 Å². The van der Waals surface area contributed by atoms with Crippen LogP contribution >= 0.6 is 0 Å². The van der Waals surface area contributed by atoms with Crippen LogP contribution in [0.5, 0.6) is 0 Å². The first-order chi connectivity index (χ1) is 12.6. The molecule has 2 heterocycles. The fourth-order valence-corrected chi connectivity index (χ4v) is 3.18. The molecular weight excluding hydrogens is 332 g/mol. The molecule has 0 aliphatic carbocycles. The number of hydrogen-bond donors (Lipinski definition) is 1. The Morgan fingerprint density at radius 3 is 2.35 bits per heavy atom. The van der Waals surface area contributed by atoms with Crippen molar-refractivity contribution in [2.45, 2.75) is 6.42 Å². The van der Waals surface area contributed by atoms with Crippen molar-refractivity contribution in [3.05, 3.63) is 71.4 Å². The van der Waals surface area contributed by atoms with E-state index in [9.17, 15) is 14.4 Å². The van der Waals surface area contributed by atoms with Crippen LogP contribution in [0.1, 0.15) is 26.3 Å². The molecule has 0 fully saturated rings. The van der Waals surface area contributed by atoms with Crippen molar-refractivity contribution in [1.82, 2.24) is 9.88 Å². The number of carbonyl (C=O) groups excluding carboxylic acids is 3. The monoisotopic (exact) mass is 348 g/mol. The third-order valence-electron chi connectivity index (χ3n) is 4.47. The van der Waals surface area contributed by atoms with Gasteiger partial charge in [0.15, 0.2) is 0 Å². The largest absolute Gasteiger partial charge is 0.464 e. The summed E-state index contributed by atoms with van der Waals surface area (Å²) < 4.78 is 5.22. The minimum absolute atomic E-state index is 0.0212. The maximum Gasteiger partial charge on any atom is 0.310 e. The molecule has 0 radical (unpaired) electrons. The van der Waals surface area contributed by atoms with Gasteiger partial charge in [0, 0.05) is 17.1 Å². The summed E-state index contributed by atoms with van der Waals surface area (Å²) in [5.74, 6) is -1.09. The highest BCUT2D eigenvalue weighted by molar-refractivity contribution is 6.21. The maximum atomic E-state index is 12.2. The molecule has 0 atom stereocenters. The summed E-state index contributed by atoms with van der Waals surface area (Å²) in [7, 11) is 0. The van der Waals surface area contributed by atoms with Crippen molar-refractivity contribution in [3.63, 3.8) is 0 Å². The van der Waals surface area contributed by atoms with Gasteiger partial charge in [-0.25, -0.2) is 0 Å². The zero-order valence-corrected chi connectivity index (χ0v) is 13.9. The number of H-pyrrole nitrogens is 1. The predicted octanol–water partition coefficient (Wildman–Crippen LogP) is 2.55. The van der Waals surface area contributed by atoms with Gasteiger partial charge in [0.05, 0.1) is 24.1 Å². The molecule has 0 bridgehead atoms. The highest BCUT2D eigenvalue weighted by atomic mass is 16.5. The Balaban J connectivity index is 1.35. The van der Waals surface area contributed by atoms with Gasteiger partial charge in [-0.3, -0.25) is 19.3 Å². The highest BCUT2D eigenvalue weighted by Gasteiger charge is 2.34. The van der Waals surface area contributed by atoms with E-state index in [1.807, 2.05) is 24.3 Å². The Morgan fingerprint density at radius 1 is 0.962 bits per heavy atom. The van der Waals surface area contributed by atoms with Gasteiger partial charge in [-0.05, 0) is 23.8 Å². The number of aromatic nitrogens is 1. The van der Waals surface area contributed by atoms with Crippen molar-refractivity contribution in [3.8, 4) is 0 Å². The fraction of sp³-hybridized carbons (Fsp3) is 0.150. The molecule has 4 rings (SSSR count). The minimum atomic E-state index is -0.397. The molecule has 2 amide bonds. The second-order valence-corrected chi connectivity index (χ2v) is 6.06. The Hall–Kier alpha value is -3.41. The van der Waals surface area contributed by atoms with Crippen molar-refractivity contribution in [2.24, 2.45) is 0 Å². The number of aromatic amines is 1. The molecule has 26 heavy (non-hydrogen) atoms. The van der Waals surface area contributed by atoms with Crippen LogP contribution in [0.15, 0.2) is 54.7 Å². The minimum Gasteiger partial charge on any atom is -0.464 e. The van der Waals surface area contributed by atoms with Gasteiger partial charge in [0.2, 0.25) is 0 Å². The molecule has 6 heteroatoms. The van der Waals surface area contributed by atoms with Crippen molar-refractivity contribution in [1.29, 1.82) is 0 Å². The number of benzene rings is 2. The lowest BCUT2D eigenvalue weighted by atomic mass is 10.1. The lowest BCUT2D eigenvalue weighted by Crippen LogP contribution is -2.33. The van der Waals surface area contributed by atoms with Crippen LogP contribution in [0.4, 0.5) is 0 Å². The molecule has 0 saturated carbocycles. The van der Waals surface area contributed by atoms with Crippen LogP contribution < -0.4 is 0 Å². The molecule has 130 valence electrons. The number of nitrogens with one attached hydrogen (secondary N) is 1. The molecule has 1 aliphatic heterocycles. The van der Waals surface area contributed by atoms with Gasteiger partial charge in [0.25, 0.3) is 11.8 Å². The molecule has 1 aromatic heterocycles. The van der Waals surface area contributed by atoms with E-state index in [-0.39, 0.29) is 31.4 Å². The highest BCUT2D eigenvalue weighted by Crippen LogP contribution is 2.22. The number of rotatable bonds is 5. The van der Waals surface area contributed by atoms with Crippen molar-refractivity contribution < 1.29 is 19.1 Å². The summed E-state index contributed by atoms with van der Waals surface area (Å²) in [6.07, 6.45) is 1.92. The normalized spacial score (nSPS) is 13.3. The van der Waals surface area contributed by atoms with E-state index in [0.29, 0.717) is 11.1 Å². The standard InChI is InChI=1S/C20H16N2O4/c23-18(11-13-12-21-17-8-4-3-5-14(13)17)26-10-9-22-19(24)15-6-1-2-7-16(15)20(22)25/h1-8,12,21H,9-11H2. The van der Waals surface area contributed by atoms with E-state index in [1.54, 1.807) is 30.5 Å². The number of imide groups is 1. The number of esters is 1. The molecule has 0 unspecified atom stereocenters. The fourth-order valence-electron chi connectivity index (χ4n) is 3.18. The average Bonchev–Trinajstić information content (AvgIpc) is 3.17. The second-order valence-electron chi connectivity index (χ2n) is 6.06. The van der Waals surface area contributed by atoms with Gasteiger partial charge in [-0.1, -0.05) is 30.3 Å². The van der Waals surface area contributed by atoms with Crippen LogP contribution in [0.3, 0.4) is 0 Å².